The minimum atomic E-state index is -0.281. The number of aromatic nitrogens is 3. The Kier molecular flexibility index (Phi) is 3.61. The van der Waals surface area contributed by atoms with Gasteiger partial charge in [0.1, 0.15) is 5.01 Å². The Labute approximate surface area is 109 Å². The van der Waals surface area contributed by atoms with Crippen molar-refractivity contribution in [2.45, 2.75) is 26.8 Å². The SMILES string of the molecule is CCc1[nH]nc(C(=O)NCc2ncc(C)s2)c1N. The van der Waals surface area contributed by atoms with E-state index < -0.39 is 0 Å². The molecule has 0 saturated carbocycles. The zero-order valence-electron chi connectivity index (χ0n) is 10.3. The first kappa shape index (κ1) is 12.6. The number of anilines is 1. The third-order valence-corrected chi connectivity index (χ3v) is 3.43. The van der Waals surface area contributed by atoms with Crippen LogP contribution in [0.15, 0.2) is 6.20 Å². The third-order valence-electron chi connectivity index (χ3n) is 2.52. The first-order chi connectivity index (χ1) is 8.61. The summed E-state index contributed by atoms with van der Waals surface area (Å²) < 4.78 is 0. The number of rotatable bonds is 4. The molecule has 7 heteroatoms. The highest BCUT2D eigenvalue weighted by atomic mass is 32.1. The molecule has 2 rings (SSSR count). The van der Waals surface area contributed by atoms with Crippen molar-refractivity contribution < 1.29 is 4.79 Å². The van der Waals surface area contributed by atoms with E-state index in [9.17, 15) is 4.79 Å². The molecule has 18 heavy (non-hydrogen) atoms. The number of thiazole rings is 1. The lowest BCUT2D eigenvalue weighted by Gasteiger charge is -2.01. The van der Waals surface area contributed by atoms with E-state index in [0.717, 1.165) is 22.0 Å². The average Bonchev–Trinajstić information content (AvgIpc) is 2.92. The van der Waals surface area contributed by atoms with Gasteiger partial charge in [0, 0.05) is 11.1 Å². The van der Waals surface area contributed by atoms with Gasteiger partial charge in [-0.3, -0.25) is 9.89 Å². The fourth-order valence-corrected chi connectivity index (χ4v) is 2.28. The van der Waals surface area contributed by atoms with Gasteiger partial charge in [-0.1, -0.05) is 6.92 Å². The number of nitrogens with two attached hydrogens (primary N) is 1. The highest BCUT2D eigenvalue weighted by Gasteiger charge is 2.16. The van der Waals surface area contributed by atoms with Crippen molar-refractivity contribution >= 4 is 22.9 Å². The van der Waals surface area contributed by atoms with Crippen molar-refractivity contribution in [2.75, 3.05) is 5.73 Å². The van der Waals surface area contributed by atoms with Gasteiger partial charge in [-0.2, -0.15) is 5.10 Å². The summed E-state index contributed by atoms with van der Waals surface area (Å²) in [6, 6.07) is 0. The molecule has 6 nitrogen and oxygen atoms in total. The minimum Gasteiger partial charge on any atom is -0.395 e. The molecular formula is C11H15N5OS. The highest BCUT2D eigenvalue weighted by Crippen LogP contribution is 2.15. The summed E-state index contributed by atoms with van der Waals surface area (Å²) >= 11 is 1.55. The average molecular weight is 265 g/mol. The molecule has 1 amide bonds. The van der Waals surface area contributed by atoms with Crippen LogP contribution in [0, 0.1) is 6.92 Å². The zero-order chi connectivity index (χ0) is 13.1. The van der Waals surface area contributed by atoms with Gasteiger partial charge in [-0.15, -0.1) is 11.3 Å². The van der Waals surface area contributed by atoms with Gasteiger partial charge in [0.25, 0.3) is 5.91 Å². The predicted octanol–water partition coefficient (Wildman–Crippen LogP) is 1.25. The van der Waals surface area contributed by atoms with Gasteiger partial charge in [0.05, 0.1) is 17.9 Å². The van der Waals surface area contributed by atoms with Gasteiger partial charge in [0.15, 0.2) is 5.69 Å². The summed E-state index contributed by atoms with van der Waals surface area (Å²) in [5, 5.41) is 10.3. The van der Waals surface area contributed by atoms with Crippen LogP contribution in [0.4, 0.5) is 5.69 Å². The van der Waals surface area contributed by atoms with Crippen LogP contribution in [0.3, 0.4) is 0 Å². The molecule has 96 valence electrons. The van der Waals surface area contributed by atoms with Crippen molar-refractivity contribution in [3.8, 4) is 0 Å². The van der Waals surface area contributed by atoms with Crippen LogP contribution in [-0.2, 0) is 13.0 Å². The van der Waals surface area contributed by atoms with Gasteiger partial charge in [-0.25, -0.2) is 4.98 Å². The molecule has 0 bridgehead atoms. The summed E-state index contributed by atoms with van der Waals surface area (Å²) in [6.07, 6.45) is 2.50. The molecular weight excluding hydrogens is 250 g/mol. The highest BCUT2D eigenvalue weighted by molar-refractivity contribution is 7.11. The van der Waals surface area contributed by atoms with Crippen LogP contribution in [0.25, 0.3) is 0 Å². The maximum Gasteiger partial charge on any atom is 0.274 e. The van der Waals surface area contributed by atoms with Crippen molar-refractivity contribution in [2.24, 2.45) is 0 Å². The summed E-state index contributed by atoms with van der Waals surface area (Å²) in [4.78, 5) is 17.2. The van der Waals surface area contributed by atoms with Crippen LogP contribution >= 0.6 is 11.3 Å². The van der Waals surface area contributed by atoms with E-state index in [1.807, 2.05) is 13.8 Å². The molecule has 0 radical (unpaired) electrons. The smallest absolute Gasteiger partial charge is 0.274 e. The van der Waals surface area contributed by atoms with E-state index in [-0.39, 0.29) is 11.6 Å². The van der Waals surface area contributed by atoms with Gasteiger partial charge < -0.3 is 11.1 Å². The van der Waals surface area contributed by atoms with E-state index >= 15 is 0 Å². The predicted molar refractivity (Wildman–Crippen MR) is 70.4 cm³/mol. The normalized spacial score (nSPS) is 10.6. The molecule has 0 aromatic carbocycles. The maximum atomic E-state index is 11.9. The quantitative estimate of drug-likeness (QED) is 0.775. The number of hydrogen-bond donors (Lipinski definition) is 3. The van der Waals surface area contributed by atoms with Crippen LogP contribution in [0.5, 0.6) is 0 Å². The molecule has 2 aromatic rings. The monoisotopic (exact) mass is 265 g/mol. The molecule has 0 spiro atoms. The number of carbonyl (C=O) groups is 1. The minimum absolute atomic E-state index is 0.250. The molecule has 2 heterocycles. The van der Waals surface area contributed by atoms with Crippen LogP contribution in [-0.4, -0.2) is 21.1 Å². The molecule has 2 aromatic heterocycles. The van der Waals surface area contributed by atoms with E-state index in [0.29, 0.717) is 12.2 Å². The molecule has 0 unspecified atom stereocenters. The van der Waals surface area contributed by atoms with Crippen molar-refractivity contribution in [1.82, 2.24) is 20.5 Å². The van der Waals surface area contributed by atoms with Gasteiger partial charge in [-0.05, 0) is 13.3 Å². The first-order valence-electron chi connectivity index (χ1n) is 5.64. The Morgan fingerprint density at radius 3 is 2.94 bits per heavy atom. The Hall–Kier alpha value is -1.89. The van der Waals surface area contributed by atoms with Crippen LogP contribution in [0.1, 0.15) is 33.0 Å². The second kappa shape index (κ2) is 5.18. The number of aromatic amines is 1. The molecule has 0 aliphatic rings. The number of hydrogen-bond acceptors (Lipinski definition) is 5. The molecule has 0 saturated heterocycles. The van der Waals surface area contributed by atoms with E-state index in [4.69, 9.17) is 5.73 Å². The number of carbonyl (C=O) groups excluding carboxylic acids is 1. The molecule has 0 aliphatic carbocycles. The Morgan fingerprint density at radius 2 is 2.39 bits per heavy atom. The van der Waals surface area contributed by atoms with Crippen LogP contribution < -0.4 is 11.1 Å². The number of aryl methyl sites for hydroxylation is 2. The first-order valence-corrected chi connectivity index (χ1v) is 6.45. The second-order valence-corrected chi connectivity index (χ2v) is 5.18. The maximum absolute atomic E-state index is 11.9. The lowest BCUT2D eigenvalue weighted by molar-refractivity contribution is 0.0946. The number of nitrogens with one attached hydrogen (secondary N) is 2. The van der Waals surface area contributed by atoms with Crippen molar-refractivity contribution in [3.63, 3.8) is 0 Å². The van der Waals surface area contributed by atoms with E-state index in [1.54, 1.807) is 17.5 Å². The number of amides is 1. The number of nitrogen functional groups attached to an aromatic ring is 1. The Morgan fingerprint density at radius 1 is 1.61 bits per heavy atom. The van der Waals surface area contributed by atoms with E-state index in [1.165, 1.54) is 0 Å². The molecule has 0 atom stereocenters. The lowest BCUT2D eigenvalue weighted by atomic mass is 10.2. The Balaban J connectivity index is 2.01. The Bertz CT molecular complexity index is 560. The summed E-state index contributed by atoms with van der Waals surface area (Å²) in [5.74, 6) is -0.281. The standard InChI is InChI=1S/C11H15N5OS/c1-3-7-9(12)10(16-15-7)11(17)14-5-8-13-4-6(2)18-8/h4H,3,5,12H2,1-2H3,(H,14,17)(H,15,16). The van der Waals surface area contributed by atoms with Gasteiger partial charge in [0.2, 0.25) is 0 Å². The van der Waals surface area contributed by atoms with E-state index in [2.05, 4.69) is 20.5 Å². The molecule has 4 N–H and O–H groups in total. The number of H-pyrrole nitrogens is 1. The summed E-state index contributed by atoms with van der Waals surface area (Å²) in [6.45, 7) is 4.32. The lowest BCUT2D eigenvalue weighted by Crippen LogP contribution is -2.24. The van der Waals surface area contributed by atoms with Crippen molar-refractivity contribution in [3.05, 3.63) is 27.5 Å². The molecule has 0 aliphatic heterocycles. The fraction of sp³-hybridized carbons (Fsp3) is 0.364. The zero-order valence-corrected chi connectivity index (χ0v) is 11.1. The van der Waals surface area contributed by atoms with Crippen molar-refractivity contribution in [1.29, 1.82) is 0 Å². The van der Waals surface area contributed by atoms with Crippen LogP contribution in [0.2, 0.25) is 0 Å². The fourth-order valence-electron chi connectivity index (χ4n) is 1.55. The third kappa shape index (κ3) is 2.51. The summed E-state index contributed by atoms with van der Waals surface area (Å²) in [7, 11) is 0. The largest absolute Gasteiger partial charge is 0.395 e. The topological polar surface area (TPSA) is 96.7 Å². The summed E-state index contributed by atoms with van der Waals surface area (Å²) in [5.41, 5.74) is 7.27. The van der Waals surface area contributed by atoms with Gasteiger partial charge >= 0.3 is 0 Å². The second-order valence-electron chi connectivity index (χ2n) is 3.87. The molecule has 0 fully saturated rings. The number of nitrogens with zero attached hydrogens (tertiary/aromatic N) is 2.